The first-order chi connectivity index (χ1) is 6.73. The molecular weight excluding hydrogens is 394 g/mol. The van der Waals surface area contributed by atoms with Crippen molar-refractivity contribution in [3.63, 3.8) is 0 Å². The molecule has 1 saturated carbocycles. The van der Waals surface area contributed by atoms with Gasteiger partial charge in [-0.15, -0.1) is 0 Å². The molecule has 90 valence electrons. The molecule has 1 fully saturated rings. The standard InChI is InChI=1S/C7H12.6CH3.2Sn/c1-7-5-3-2-4-6-7;;;;;;;;/h1,7H,2-6H2;6*1H3;;. The second kappa shape index (κ2) is 5.49. The Hall–Kier alpha value is 1.60. The summed E-state index contributed by atoms with van der Waals surface area (Å²) in [6.07, 6.45) is 7.73. The van der Waals surface area contributed by atoms with Gasteiger partial charge in [-0.25, -0.2) is 0 Å². The third kappa shape index (κ3) is 4.40. The van der Waals surface area contributed by atoms with E-state index in [0.29, 0.717) is 0 Å². The van der Waals surface area contributed by atoms with Crippen LogP contribution >= 0.6 is 0 Å². The van der Waals surface area contributed by atoms with E-state index in [1.807, 2.05) is 0 Å². The summed E-state index contributed by atoms with van der Waals surface area (Å²) in [5, 5.41) is 0. The molecule has 0 spiro atoms. The summed E-state index contributed by atoms with van der Waals surface area (Å²) in [5.41, 5.74) is 0. The van der Waals surface area contributed by atoms with Crippen LogP contribution < -0.4 is 0 Å². The topological polar surface area (TPSA) is 0 Å². The predicted octanol–water partition coefficient (Wildman–Crippen LogP) is 5.15. The van der Waals surface area contributed by atoms with E-state index in [1.165, 1.54) is 21.2 Å². The van der Waals surface area contributed by atoms with Gasteiger partial charge in [0.15, 0.2) is 0 Å². The first kappa shape index (κ1) is 14.7. The molecule has 1 aliphatic rings. The van der Waals surface area contributed by atoms with E-state index in [0.717, 1.165) is 5.92 Å². The summed E-state index contributed by atoms with van der Waals surface area (Å²) in [6, 6.07) is 0. The first-order valence-corrected chi connectivity index (χ1v) is 27.1. The average molecular weight is 424 g/mol. The van der Waals surface area contributed by atoms with Gasteiger partial charge in [-0.05, 0) is 0 Å². The zero-order chi connectivity index (χ0) is 11.7. The Balaban J connectivity index is 2.80. The van der Waals surface area contributed by atoms with Crippen molar-refractivity contribution >= 4 is 36.8 Å². The number of hydrogen-bond donors (Lipinski definition) is 0. The molecule has 2 heteroatoms. The normalized spacial score (nSPS) is 21.0. The van der Waals surface area contributed by atoms with Crippen LogP contribution in [0, 0.1) is 5.92 Å². The van der Waals surface area contributed by atoms with Crippen molar-refractivity contribution in [1.29, 1.82) is 0 Å². The molecule has 0 nitrogen and oxygen atoms in total. The van der Waals surface area contributed by atoms with Gasteiger partial charge < -0.3 is 0 Å². The molecule has 15 heavy (non-hydrogen) atoms. The monoisotopic (exact) mass is 426 g/mol. The average Bonchev–Trinajstić information content (AvgIpc) is 2.00. The molecule has 0 aromatic carbocycles. The Morgan fingerprint density at radius 3 is 1.47 bits per heavy atom. The van der Waals surface area contributed by atoms with Crippen LogP contribution in [-0.4, -0.2) is 36.8 Å². The second-order valence-electron chi connectivity index (χ2n) is 7.61. The molecule has 0 aromatic heterocycles. The zero-order valence-corrected chi connectivity index (χ0v) is 17.4. The minimum absolute atomic E-state index is 1.16. The van der Waals surface area contributed by atoms with Crippen molar-refractivity contribution in [2.45, 2.75) is 63.7 Å². The molecule has 0 amide bonds. The van der Waals surface area contributed by atoms with E-state index in [1.54, 1.807) is 12.8 Å². The van der Waals surface area contributed by atoms with Gasteiger partial charge in [-0.2, -0.15) is 0 Å². The molecule has 0 heterocycles. The van der Waals surface area contributed by atoms with Gasteiger partial charge in [0.25, 0.3) is 0 Å². The number of rotatable bonds is 3. The van der Waals surface area contributed by atoms with Gasteiger partial charge >= 0.3 is 106 Å². The van der Waals surface area contributed by atoms with E-state index in [9.17, 15) is 0 Å². The fraction of sp³-hybridized carbons (Fsp3) is 1.00. The van der Waals surface area contributed by atoms with Gasteiger partial charge in [-0.3, -0.25) is 0 Å². The van der Waals surface area contributed by atoms with Crippen molar-refractivity contribution in [2.24, 2.45) is 5.92 Å². The molecule has 0 N–H and O–H groups in total. The van der Waals surface area contributed by atoms with Crippen LogP contribution in [0.25, 0.3) is 0 Å². The van der Waals surface area contributed by atoms with Crippen LogP contribution in [0.4, 0.5) is 0 Å². The van der Waals surface area contributed by atoms with E-state index in [-0.39, 0.29) is 0 Å². The van der Waals surface area contributed by atoms with Crippen LogP contribution in [-0.2, 0) is 0 Å². The first-order valence-electron chi connectivity index (χ1n) is 6.73. The Labute approximate surface area is 105 Å². The molecule has 0 unspecified atom stereocenters. The van der Waals surface area contributed by atoms with Gasteiger partial charge in [0.05, 0.1) is 0 Å². The van der Waals surface area contributed by atoms with Crippen LogP contribution in [0.1, 0.15) is 32.1 Å². The van der Waals surface area contributed by atoms with E-state index in [2.05, 4.69) is 29.6 Å². The molecule has 0 atom stereocenters. The molecule has 0 aliphatic heterocycles. The van der Waals surface area contributed by atoms with E-state index < -0.39 is 36.8 Å². The molecule has 1 rings (SSSR count). The fourth-order valence-corrected chi connectivity index (χ4v) is 71.3. The van der Waals surface area contributed by atoms with Gasteiger partial charge in [-0.1, -0.05) is 0 Å². The van der Waals surface area contributed by atoms with Crippen LogP contribution in [0.15, 0.2) is 0 Å². The Bertz CT molecular complexity index is 178. The van der Waals surface area contributed by atoms with Crippen molar-refractivity contribution in [1.82, 2.24) is 0 Å². The SMILES string of the molecule is [CH3][Sn]([CH3])([CH3])[CH](C1CCCCC1)[Sn]([CH3])([CH3])[CH3]. The Morgan fingerprint density at radius 1 is 0.733 bits per heavy atom. The van der Waals surface area contributed by atoms with E-state index >= 15 is 0 Å². The van der Waals surface area contributed by atoms with Crippen LogP contribution in [0.5, 0.6) is 0 Å². The van der Waals surface area contributed by atoms with Gasteiger partial charge in [0, 0.05) is 0 Å². The third-order valence-electron chi connectivity index (χ3n) is 3.99. The van der Waals surface area contributed by atoms with Crippen LogP contribution in [0.3, 0.4) is 0 Å². The summed E-state index contributed by atoms with van der Waals surface area (Å²) in [5.74, 6) is 1.16. The molecule has 0 bridgehead atoms. The maximum atomic E-state index is 2.69. The molecule has 0 saturated heterocycles. The van der Waals surface area contributed by atoms with Crippen molar-refractivity contribution in [3.05, 3.63) is 0 Å². The third-order valence-corrected chi connectivity index (χ3v) is 50.5. The predicted molar refractivity (Wildman–Crippen MR) is 77.0 cm³/mol. The quantitative estimate of drug-likeness (QED) is 0.551. The summed E-state index contributed by atoms with van der Waals surface area (Å²) in [4.78, 5) is 16.1. The molecule has 0 radical (unpaired) electrons. The van der Waals surface area contributed by atoms with Crippen LogP contribution in [0.2, 0.25) is 31.6 Å². The maximum absolute atomic E-state index is 2.69. The summed E-state index contributed by atoms with van der Waals surface area (Å²) in [7, 11) is 0. The summed E-state index contributed by atoms with van der Waals surface area (Å²) >= 11 is -3.34. The summed E-state index contributed by atoms with van der Waals surface area (Å²) in [6.45, 7) is 0. The fourth-order valence-electron chi connectivity index (χ4n) is 4.18. The van der Waals surface area contributed by atoms with Crippen molar-refractivity contribution in [3.8, 4) is 0 Å². The Kier molecular flexibility index (Phi) is 5.37. The second-order valence-corrected chi connectivity index (χ2v) is 42.9. The van der Waals surface area contributed by atoms with Gasteiger partial charge in [0.1, 0.15) is 0 Å². The minimum atomic E-state index is -1.67. The molecular formula is C13H30Sn2. The summed E-state index contributed by atoms with van der Waals surface area (Å²) < 4.78 is 1.29. The van der Waals surface area contributed by atoms with Gasteiger partial charge in [0.2, 0.25) is 0 Å². The van der Waals surface area contributed by atoms with Crippen molar-refractivity contribution < 1.29 is 0 Å². The van der Waals surface area contributed by atoms with Crippen molar-refractivity contribution in [2.75, 3.05) is 0 Å². The van der Waals surface area contributed by atoms with E-state index in [4.69, 9.17) is 0 Å². The molecule has 1 aliphatic carbocycles. The Morgan fingerprint density at radius 2 is 1.13 bits per heavy atom. The molecule has 0 aromatic rings. The zero-order valence-electron chi connectivity index (χ0n) is 11.7. The number of hydrogen-bond acceptors (Lipinski definition) is 0.